The molecular formula is C8H12F3N. The summed E-state index contributed by atoms with van der Waals surface area (Å²) in [4.78, 5) is 0. The van der Waals surface area contributed by atoms with Gasteiger partial charge in [0.25, 0.3) is 0 Å². The summed E-state index contributed by atoms with van der Waals surface area (Å²) in [7, 11) is 0. The van der Waals surface area contributed by atoms with E-state index in [1.54, 1.807) is 0 Å². The zero-order valence-electron chi connectivity index (χ0n) is 6.69. The van der Waals surface area contributed by atoms with Crippen molar-refractivity contribution in [1.82, 2.24) is 5.32 Å². The van der Waals surface area contributed by atoms with Crippen LogP contribution in [0.25, 0.3) is 0 Å². The van der Waals surface area contributed by atoms with Crippen molar-refractivity contribution in [1.29, 1.82) is 0 Å². The van der Waals surface area contributed by atoms with Gasteiger partial charge in [-0.3, -0.25) is 0 Å². The van der Waals surface area contributed by atoms with E-state index in [1.807, 2.05) is 0 Å². The minimum Gasteiger partial charge on any atom is -0.308 e. The summed E-state index contributed by atoms with van der Waals surface area (Å²) < 4.78 is 37.6. The van der Waals surface area contributed by atoms with Crippen molar-refractivity contribution in [2.24, 2.45) is 5.92 Å². The lowest BCUT2D eigenvalue weighted by atomic mass is 9.88. The Balaban J connectivity index is 2.06. The first-order valence-electron chi connectivity index (χ1n) is 4.31. The Morgan fingerprint density at radius 2 is 2.00 bits per heavy atom. The second kappa shape index (κ2) is 2.62. The van der Waals surface area contributed by atoms with E-state index >= 15 is 0 Å². The van der Waals surface area contributed by atoms with Gasteiger partial charge in [-0.2, -0.15) is 0 Å². The predicted molar refractivity (Wildman–Crippen MR) is 39.0 cm³/mol. The summed E-state index contributed by atoms with van der Waals surface area (Å²) in [5, 5.41) is 2.90. The van der Waals surface area contributed by atoms with E-state index in [-0.39, 0.29) is 13.0 Å². The fraction of sp³-hybridized carbons (Fsp3) is 1.00. The van der Waals surface area contributed by atoms with Crippen LogP contribution in [0.1, 0.15) is 19.3 Å². The van der Waals surface area contributed by atoms with Crippen LogP contribution in [-0.2, 0) is 0 Å². The molecule has 1 saturated heterocycles. The van der Waals surface area contributed by atoms with Crippen molar-refractivity contribution in [2.45, 2.75) is 37.4 Å². The molecule has 70 valence electrons. The normalized spacial score (nSPS) is 39.0. The first kappa shape index (κ1) is 8.35. The zero-order valence-corrected chi connectivity index (χ0v) is 6.69. The molecule has 0 aromatic rings. The van der Waals surface area contributed by atoms with Gasteiger partial charge in [0, 0.05) is 18.0 Å². The number of rotatable bonds is 1. The van der Waals surface area contributed by atoms with E-state index in [1.165, 1.54) is 0 Å². The number of halogens is 3. The van der Waals surface area contributed by atoms with Gasteiger partial charge in [-0.15, -0.1) is 0 Å². The second-order valence-electron chi connectivity index (χ2n) is 3.81. The highest BCUT2D eigenvalue weighted by atomic mass is 19.3. The molecule has 4 heteroatoms. The van der Waals surface area contributed by atoms with Crippen LogP contribution in [0.2, 0.25) is 0 Å². The lowest BCUT2D eigenvalue weighted by Gasteiger charge is -2.34. The average Bonchev–Trinajstić information content (AvgIpc) is 2.76. The highest BCUT2D eigenvalue weighted by Crippen LogP contribution is 2.48. The summed E-state index contributed by atoms with van der Waals surface area (Å²) in [6.07, 6.45) is -1.86. The number of alkyl halides is 3. The van der Waals surface area contributed by atoms with Gasteiger partial charge in [0.1, 0.15) is 6.17 Å². The molecule has 1 aliphatic heterocycles. The molecular weight excluding hydrogens is 167 g/mol. The van der Waals surface area contributed by atoms with Gasteiger partial charge < -0.3 is 5.32 Å². The van der Waals surface area contributed by atoms with Crippen molar-refractivity contribution in [2.75, 3.05) is 6.54 Å². The molecule has 1 saturated carbocycles. The summed E-state index contributed by atoms with van der Waals surface area (Å²) in [6, 6.07) is 0. The van der Waals surface area contributed by atoms with Crippen LogP contribution in [0.4, 0.5) is 13.2 Å². The molecule has 2 fully saturated rings. The maximum Gasteiger partial charge on any atom is 0.243 e. The molecule has 0 amide bonds. The van der Waals surface area contributed by atoms with Crippen molar-refractivity contribution in [3.05, 3.63) is 0 Å². The summed E-state index contributed by atoms with van der Waals surface area (Å²) in [5.74, 6) is -0.763. The maximum atomic E-state index is 12.8. The van der Waals surface area contributed by atoms with Gasteiger partial charge in [-0.1, -0.05) is 0 Å². The molecule has 2 rings (SSSR count). The van der Waals surface area contributed by atoms with E-state index in [0.29, 0.717) is 0 Å². The van der Waals surface area contributed by atoms with Crippen molar-refractivity contribution in [3.8, 4) is 0 Å². The van der Waals surface area contributed by atoms with Crippen LogP contribution in [0.3, 0.4) is 0 Å². The predicted octanol–water partition coefficient (Wildman–Crippen LogP) is 1.73. The molecule has 0 radical (unpaired) electrons. The molecule has 1 aliphatic carbocycles. The van der Waals surface area contributed by atoms with Crippen LogP contribution in [-0.4, -0.2) is 24.7 Å². The Hall–Kier alpha value is -0.250. The number of hydrogen-bond donors (Lipinski definition) is 1. The van der Waals surface area contributed by atoms with Crippen molar-refractivity contribution >= 4 is 0 Å². The van der Waals surface area contributed by atoms with Gasteiger partial charge in [-0.05, 0) is 19.3 Å². The fourth-order valence-corrected chi connectivity index (χ4v) is 2.06. The van der Waals surface area contributed by atoms with Gasteiger partial charge in [0.15, 0.2) is 0 Å². The fourth-order valence-electron chi connectivity index (χ4n) is 2.06. The molecule has 1 spiro atoms. The Kier molecular flexibility index (Phi) is 1.82. The SMILES string of the molecule is FC1CNC2(CC2)C(C(F)F)C1. The molecule has 1 N–H and O–H groups in total. The highest BCUT2D eigenvalue weighted by molar-refractivity contribution is 5.10. The van der Waals surface area contributed by atoms with Crippen LogP contribution in [0.15, 0.2) is 0 Å². The largest absolute Gasteiger partial charge is 0.308 e. The van der Waals surface area contributed by atoms with Gasteiger partial charge in [0.05, 0.1) is 0 Å². The molecule has 0 bridgehead atoms. The summed E-state index contributed by atoms with van der Waals surface area (Å²) in [5.41, 5.74) is -0.392. The number of hydrogen-bond acceptors (Lipinski definition) is 1. The lowest BCUT2D eigenvalue weighted by molar-refractivity contribution is 0.00909. The molecule has 2 unspecified atom stereocenters. The quantitative estimate of drug-likeness (QED) is 0.646. The monoisotopic (exact) mass is 179 g/mol. The van der Waals surface area contributed by atoms with E-state index in [0.717, 1.165) is 12.8 Å². The third-order valence-electron chi connectivity index (χ3n) is 2.99. The maximum absolute atomic E-state index is 12.8. The number of nitrogens with one attached hydrogen (secondary N) is 1. The first-order valence-corrected chi connectivity index (χ1v) is 4.31. The Labute approximate surface area is 69.3 Å². The molecule has 1 nitrogen and oxygen atoms in total. The third-order valence-corrected chi connectivity index (χ3v) is 2.99. The van der Waals surface area contributed by atoms with Gasteiger partial charge >= 0.3 is 0 Å². The molecule has 2 atom stereocenters. The molecule has 12 heavy (non-hydrogen) atoms. The minimum atomic E-state index is -2.38. The summed E-state index contributed by atoms with van der Waals surface area (Å²) in [6.45, 7) is 0.253. The minimum absolute atomic E-state index is 0.0324. The Morgan fingerprint density at radius 3 is 2.50 bits per heavy atom. The molecule has 0 aromatic heterocycles. The van der Waals surface area contributed by atoms with E-state index in [9.17, 15) is 13.2 Å². The lowest BCUT2D eigenvalue weighted by Crippen LogP contribution is -2.50. The van der Waals surface area contributed by atoms with Crippen LogP contribution >= 0.6 is 0 Å². The van der Waals surface area contributed by atoms with E-state index < -0.39 is 24.1 Å². The topological polar surface area (TPSA) is 12.0 Å². The standard InChI is InChI=1S/C8H12F3N/c9-5-3-6(7(10)11)8(1-2-8)12-4-5/h5-7,12H,1-4H2. The van der Waals surface area contributed by atoms with Crippen LogP contribution < -0.4 is 5.32 Å². The van der Waals surface area contributed by atoms with Crippen molar-refractivity contribution in [3.63, 3.8) is 0 Å². The highest BCUT2D eigenvalue weighted by Gasteiger charge is 2.55. The Bertz CT molecular complexity index is 179. The second-order valence-corrected chi connectivity index (χ2v) is 3.81. The summed E-state index contributed by atoms with van der Waals surface area (Å²) >= 11 is 0. The van der Waals surface area contributed by atoms with Crippen molar-refractivity contribution < 1.29 is 13.2 Å². The smallest absolute Gasteiger partial charge is 0.243 e. The van der Waals surface area contributed by atoms with Gasteiger partial charge in [0.2, 0.25) is 6.43 Å². The number of piperidine rings is 1. The molecule has 2 aliphatic rings. The van der Waals surface area contributed by atoms with Crippen LogP contribution in [0.5, 0.6) is 0 Å². The third kappa shape index (κ3) is 1.22. The molecule has 0 aromatic carbocycles. The van der Waals surface area contributed by atoms with E-state index in [2.05, 4.69) is 5.32 Å². The molecule has 1 heterocycles. The van der Waals surface area contributed by atoms with Crippen LogP contribution in [0, 0.1) is 5.92 Å². The van der Waals surface area contributed by atoms with E-state index in [4.69, 9.17) is 0 Å². The van der Waals surface area contributed by atoms with Gasteiger partial charge in [-0.25, -0.2) is 13.2 Å². The first-order chi connectivity index (χ1) is 5.64. The Morgan fingerprint density at radius 1 is 1.33 bits per heavy atom. The zero-order chi connectivity index (χ0) is 8.77. The average molecular weight is 179 g/mol.